The summed E-state index contributed by atoms with van der Waals surface area (Å²) in [5.74, 6) is -1.12. The molecule has 1 heterocycles. The summed E-state index contributed by atoms with van der Waals surface area (Å²) in [6.07, 6.45) is 0. The second kappa shape index (κ2) is 6.76. The van der Waals surface area contributed by atoms with Gasteiger partial charge in [-0.15, -0.1) is 0 Å². The van der Waals surface area contributed by atoms with Gasteiger partial charge >= 0.3 is 6.03 Å². The SMILES string of the molecule is CC(C)C1NC(=O)N(CC(=O)N(C)Cc2ccc(F)cc2)C1=O. The van der Waals surface area contributed by atoms with Crippen molar-refractivity contribution in [2.75, 3.05) is 13.6 Å². The Labute approximate surface area is 134 Å². The first-order chi connectivity index (χ1) is 10.8. The molecule has 1 fully saturated rings. The third kappa shape index (κ3) is 3.85. The molecule has 2 rings (SSSR count). The highest BCUT2D eigenvalue weighted by molar-refractivity contribution is 6.06. The molecule has 23 heavy (non-hydrogen) atoms. The van der Waals surface area contributed by atoms with Crippen molar-refractivity contribution in [3.05, 3.63) is 35.6 Å². The van der Waals surface area contributed by atoms with Crippen LogP contribution in [-0.2, 0) is 16.1 Å². The smallest absolute Gasteiger partial charge is 0.325 e. The van der Waals surface area contributed by atoms with Crippen LogP contribution in [0.1, 0.15) is 19.4 Å². The van der Waals surface area contributed by atoms with Gasteiger partial charge in [0.1, 0.15) is 18.4 Å². The molecular formula is C16H20FN3O3. The zero-order valence-corrected chi connectivity index (χ0v) is 13.4. The molecule has 0 aliphatic carbocycles. The minimum absolute atomic E-state index is 0.0384. The number of benzene rings is 1. The van der Waals surface area contributed by atoms with Crippen molar-refractivity contribution in [2.24, 2.45) is 5.92 Å². The first-order valence-electron chi connectivity index (χ1n) is 7.40. The Hall–Kier alpha value is -2.44. The molecule has 1 aromatic rings. The molecule has 4 amide bonds. The van der Waals surface area contributed by atoms with E-state index >= 15 is 0 Å². The van der Waals surface area contributed by atoms with Gasteiger partial charge in [0.25, 0.3) is 5.91 Å². The molecule has 7 heteroatoms. The summed E-state index contributed by atoms with van der Waals surface area (Å²) in [5.41, 5.74) is 0.763. The molecule has 1 N–H and O–H groups in total. The average Bonchev–Trinajstić information content (AvgIpc) is 2.77. The van der Waals surface area contributed by atoms with E-state index in [2.05, 4.69) is 5.32 Å². The fourth-order valence-corrected chi connectivity index (χ4v) is 2.35. The predicted molar refractivity (Wildman–Crippen MR) is 81.7 cm³/mol. The quantitative estimate of drug-likeness (QED) is 0.833. The second-order valence-electron chi connectivity index (χ2n) is 5.97. The summed E-state index contributed by atoms with van der Waals surface area (Å²) >= 11 is 0. The van der Waals surface area contributed by atoms with E-state index in [1.54, 1.807) is 19.2 Å². The number of amides is 4. The fourth-order valence-electron chi connectivity index (χ4n) is 2.35. The lowest BCUT2D eigenvalue weighted by Crippen LogP contribution is -2.42. The van der Waals surface area contributed by atoms with Gasteiger partial charge in [0, 0.05) is 13.6 Å². The zero-order valence-electron chi connectivity index (χ0n) is 13.4. The van der Waals surface area contributed by atoms with Crippen molar-refractivity contribution in [3.63, 3.8) is 0 Å². The van der Waals surface area contributed by atoms with Gasteiger partial charge in [0.15, 0.2) is 0 Å². The fraction of sp³-hybridized carbons (Fsp3) is 0.438. The van der Waals surface area contributed by atoms with Gasteiger partial charge in [-0.05, 0) is 23.6 Å². The summed E-state index contributed by atoms with van der Waals surface area (Å²) < 4.78 is 12.9. The lowest BCUT2D eigenvalue weighted by molar-refractivity contribution is -0.137. The maximum atomic E-state index is 12.9. The van der Waals surface area contributed by atoms with E-state index in [1.807, 2.05) is 13.8 Å². The number of nitrogens with zero attached hydrogens (tertiary/aromatic N) is 2. The van der Waals surface area contributed by atoms with Crippen LogP contribution in [0, 0.1) is 11.7 Å². The second-order valence-corrected chi connectivity index (χ2v) is 5.97. The molecule has 1 saturated heterocycles. The molecule has 0 saturated carbocycles. The maximum Gasteiger partial charge on any atom is 0.325 e. The number of likely N-dealkylation sites (N-methyl/N-ethyl adjacent to an activating group) is 1. The van der Waals surface area contributed by atoms with Crippen molar-refractivity contribution < 1.29 is 18.8 Å². The van der Waals surface area contributed by atoms with Crippen LogP contribution < -0.4 is 5.32 Å². The van der Waals surface area contributed by atoms with Crippen molar-refractivity contribution in [1.82, 2.24) is 15.1 Å². The molecule has 0 bridgehead atoms. The van der Waals surface area contributed by atoms with Gasteiger partial charge in [-0.2, -0.15) is 0 Å². The number of hydrogen-bond donors (Lipinski definition) is 1. The predicted octanol–water partition coefficient (Wildman–Crippen LogP) is 1.36. The van der Waals surface area contributed by atoms with Crippen molar-refractivity contribution >= 4 is 17.8 Å². The number of carbonyl (C=O) groups is 3. The van der Waals surface area contributed by atoms with Gasteiger partial charge in [0.05, 0.1) is 0 Å². The Bertz CT molecular complexity index is 616. The molecule has 0 aromatic heterocycles. The van der Waals surface area contributed by atoms with Gasteiger partial charge < -0.3 is 10.2 Å². The van der Waals surface area contributed by atoms with E-state index in [0.717, 1.165) is 10.5 Å². The third-order valence-electron chi connectivity index (χ3n) is 3.78. The third-order valence-corrected chi connectivity index (χ3v) is 3.78. The summed E-state index contributed by atoms with van der Waals surface area (Å²) in [4.78, 5) is 38.5. The van der Waals surface area contributed by atoms with Crippen LogP contribution in [0.15, 0.2) is 24.3 Å². The Morgan fingerprint density at radius 3 is 2.43 bits per heavy atom. The minimum atomic E-state index is -0.585. The van der Waals surface area contributed by atoms with Crippen LogP contribution in [-0.4, -0.2) is 47.3 Å². The van der Waals surface area contributed by atoms with E-state index in [-0.39, 0.29) is 36.6 Å². The molecule has 1 aromatic carbocycles. The summed E-state index contributed by atoms with van der Waals surface area (Å²) in [5, 5.41) is 2.58. The topological polar surface area (TPSA) is 69.7 Å². The molecular weight excluding hydrogens is 301 g/mol. The minimum Gasteiger partial charge on any atom is -0.340 e. The number of imide groups is 1. The summed E-state index contributed by atoms with van der Waals surface area (Å²) in [7, 11) is 1.57. The highest BCUT2D eigenvalue weighted by Crippen LogP contribution is 2.14. The maximum absolute atomic E-state index is 12.9. The van der Waals surface area contributed by atoms with Crippen LogP contribution >= 0.6 is 0 Å². The zero-order chi connectivity index (χ0) is 17.1. The van der Waals surface area contributed by atoms with E-state index < -0.39 is 12.1 Å². The largest absolute Gasteiger partial charge is 0.340 e. The number of halogens is 1. The van der Waals surface area contributed by atoms with Crippen LogP contribution in [0.4, 0.5) is 9.18 Å². The molecule has 1 atom stereocenters. The van der Waals surface area contributed by atoms with Crippen molar-refractivity contribution in [3.8, 4) is 0 Å². The Morgan fingerprint density at radius 1 is 1.30 bits per heavy atom. The molecule has 0 radical (unpaired) electrons. The number of carbonyl (C=O) groups excluding carboxylic acids is 3. The average molecular weight is 321 g/mol. The summed E-state index contributed by atoms with van der Waals surface area (Å²) in [6, 6.07) is 4.68. The molecule has 124 valence electrons. The number of rotatable bonds is 5. The van der Waals surface area contributed by atoms with Gasteiger partial charge in [-0.1, -0.05) is 26.0 Å². The van der Waals surface area contributed by atoms with E-state index in [9.17, 15) is 18.8 Å². The molecule has 0 spiro atoms. The van der Waals surface area contributed by atoms with E-state index in [4.69, 9.17) is 0 Å². The van der Waals surface area contributed by atoms with E-state index in [0.29, 0.717) is 0 Å². The first kappa shape index (κ1) is 16.9. The van der Waals surface area contributed by atoms with Gasteiger partial charge in [-0.3, -0.25) is 14.5 Å². The standard InChI is InChI=1S/C16H20FN3O3/c1-10(2)14-15(22)20(16(23)18-14)9-13(21)19(3)8-11-4-6-12(17)7-5-11/h4-7,10,14H,8-9H2,1-3H3,(H,18,23). The van der Waals surface area contributed by atoms with Crippen LogP contribution in [0.25, 0.3) is 0 Å². The Balaban J connectivity index is 1.97. The molecule has 1 aliphatic heterocycles. The molecule has 6 nitrogen and oxygen atoms in total. The summed E-state index contributed by atoms with van der Waals surface area (Å²) in [6.45, 7) is 3.63. The number of urea groups is 1. The van der Waals surface area contributed by atoms with Crippen molar-refractivity contribution in [2.45, 2.75) is 26.4 Å². The van der Waals surface area contributed by atoms with Crippen molar-refractivity contribution in [1.29, 1.82) is 0 Å². The van der Waals surface area contributed by atoms with Gasteiger partial charge in [0.2, 0.25) is 5.91 Å². The molecule has 1 aliphatic rings. The number of nitrogens with one attached hydrogen (secondary N) is 1. The van der Waals surface area contributed by atoms with Crippen LogP contribution in [0.3, 0.4) is 0 Å². The van der Waals surface area contributed by atoms with Crippen LogP contribution in [0.5, 0.6) is 0 Å². The number of hydrogen-bond acceptors (Lipinski definition) is 3. The Morgan fingerprint density at radius 2 is 1.91 bits per heavy atom. The van der Waals surface area contributed by atoms with Crippen LogP contribution in [0.2, 0.25) is 0 Å². The van der Waals surface area contributed by atoms with E-state index in [1.165, 1.54) is 17.0 Å². The first-order valence-corrected chi connectivity index (χ1v) is 7.40. The molecule has 1 unspecified atom stereocenters. The highest BCUT2D eigenvalue weighted by Gasteiger charge is 2.40. The lowest BCUT2D eigenvalue weighted by Gasteiger charge is -2.20. The Kier molecular flexibility index (Phi) is 4.98. The normalized spacial score (nSPS) is 17.6. The monoisotopic (exact) mass is 321 g/mol. The van der Waals surface area contributed by atoms with Gasteiger partial charge in [-0.25, -0.2) is 9.18 Å². The highest BCUT2D eigenvalue weighted by atomic mass is 19.1. The lowest BCUT2D eigenvalue weighted by atomic mass is 10.1.